The lowest BCUT2D eigenvalue weighted by molar-refractivity contribution is 0.999. The summed E-state index contributed by atoms with van der Waals surface area (Å²) in [6.07, 6.45) is 3.56. The van der Waals surface area contributed by atoms with Gasteiger partial charge in [0.05, 0.1) is 6.54 Å². The van der Waals surface area contributed by atoms with Crippen LogP contribution in [0.15, 0.2) is 39.5 Å². The Bertz CT molecular complexity index is 440. The summed E-state index contributed by atoms with van der Waals surface area (Å²) in [6, 6.07) is 6.00. The van der Waals surface area contributed by atoms with Crippen LogP contribution in [0.2, 0.25) is 0 Å². The van der Waals surface area contributed by atoms with Crippen molar-refractivity contribution >= 4 is 37.5 Å². The maximum Gasteiger partial charge on any atom is 0.125 e. The fourth-order valence-electron chi connectivity index (χ4n) is 1.21. The van der Waals surface area contributed by atoms with Gasteiger partial charge in [-0.2, -0.15) is 0 Å². The summed E-state index contributed by atoms with van der Waals surface area (Å²) in [5.41, 5.74) is 1.04. The van der Waals surface area contributed by atoms with Gasteiger partial charge in [-0.05, 0) is 34.1 Å². The fourth-order valence-corrected chi connectivity index (χ4v) is 1.95. The van der Waals surface area contributed by atoms with E-state index in [1.54, 1.807) is 6.20 Å². The first-order valence-corrected chi connectivity index (χ1v) is 6.01. The lowest BCUT2D eigenvalue weighted by atomic mass is 10.3. The first-order valence-electron chi connectivity index (χ1n) is 4.43. The summed E-state index contributed by atoms with van der Waals surface area (Å²) in [6.45, 7) is 0.683. The van der Waals surface area contributed by atoms with E-state index >= 15 is 0 Å². The van der Waals surface area contributed by atoms with Gasteiger partial charge in [0.25, 0.3) is 0 Å². The normalized spacial score (nSPS) is 10.3. The SMILES string of the molecule is Brc1ccc(Br)c(NCc2ncc[nH]2)c1. The molecule has 2 aromatic rings. The summed E-state index contributed by atoms with van der Waals surface area (Å²) in [7, 11) is 0. The number of hydrogen-bond donors (Lipinski definition) is 2. The van der Waals surface area contributed by atoms with Gasteiger partial charge in [0.15, 0.2) is 0 Å². The molecule has 15 heavy (non-hydrogen) atoms. The van der Waals surface area contributed by atoms with Gasteiger partial charge in [0.2, 0.25) is 0 Å². The summed E-state index contributed by atoms with van der Waals surface area (Å²) in [5, 5.41) is 3.29. The minimum atomic E-state index is 0.683. The largest absolute Gasteiger partial charge is 0.377 e. The van der Waals surface area contributed by atoms with E-state index in [1.807, 2.05) is 24.4 Å². The zero-order valence-electron chi connectivity index (χ0n) is 7.80. The molecule has 0 aliphatic rings. The second-order valence-electron chi connectivity index (χ2n) is 3.01. The van der Waals surface area contributed by atoms with Crippen molar-refractivity contribution in [2.45, 2.75) is 6.54 Å². The lowest BCUT2D eigenvalue weighted by Crippen LogP contribution is -2.01. The van der Waals surface area contributed by atoms with E-state index in [2.05, 4.69) is 47.1 Å². The number of aromatic amines is 1. The zero-order chi connectivity index (χ0) is 10.7. The van der Waals surface area contributed by atoms with E-state index in [0.717, 1.165) is 20.5 Å². The topological polar surface area (TPSA) is 40.7 Å². The summed E-state index contributed by atoms with van der Waals surface area (Å²) in [4.78, 5) is 7.18. The number of benzene rings is 1. The molecule has 1 aromatic heterocycles. The van der Waals surface area contributed by atoms with Crippen molar-refractivity contribution in [3.8, 4) is 0 Å². The molecular weight excluding hydrogens is 322 g/mol. The number of aromatic nitrogens is 2. The molecule has 0 amide bonds. The molecular formula is C10H9Br2N3. The Kier molecular flexibility index (Phi) is 3.43. The predicted octanol–water partition coefficient (Wildman–Crippen LogP) is 3.55. The Labute approximate surface area is 105 Å². The lowest BCUT2D eigenvalue weighted by Gasteiger charge is -2.07. The van der Waals surface area contributed by atoms with Gasteiger partial charge < -0.3 is 10.3 Å². The molecule has 0 saturated heterocycles. The van der Waals surface area contributed by atoms with Crippen LogP contribution in [0.4, 0.5) is 5.69 Å². The number of rotatable bonds is 3. The number of anilines is 1. The van der Waals surface area contributed by atoms with Crippen molar-refractivity contribution < 1.29 is 0 Å². The number of nitrogens with zero attached hydrogens (tertiary/aromatic N) is 1. The van der Waals surface area contributed by atoms with E-state index in [4.69, 9.17) is 0 Å². The zero-order valence-corrected chi connectivity index (χ0v) is 11.0. The molecule has 0 saturated carbocycles. The third-order valence-electron chi connectivity index (χ3n) is 1.93. The maximum absolute atomic E-state index is 4.14. The Morgan fingerprint density at radius 2 is 2.20 bits per heavy atom. The minimum Gasteiger partial charge on any atom is -0.377 e. The van der Waals surface area contributed by atoms with Crippen molar-refractivity contribution in [3.05, 3.63) is 45.4 Å². The van der Waals surface area contributed by atoms with Crippen LogP contribution in [0.25, 0.3) is 0 Å². The van der Waals surface area contributed by atoms with Crippen molar-refractivity contribution in [2.75, 3.05) is 5.32 Å². The van der Waals surface area contributed by atoms with Crippen LogP contribution in [-0.4, -0.2) is 9.97 Å². The second kappa shape index (κ2) is 4.81. The molecule has 0 bridgehead atoms. The highest BCUT2D eigenvalue weighted by atomic mass is 79.9. The van der Waals surface area contributed by atoms with E-state index in [-0.39, 0.29) is 0 Å². The van der Waals surface area contributed by atoms with Crippen LogP contribution in [0.5, 0.6) is 0 Å². The van der Waals surface area contributed by atoms with E-state index in [9.17, 15) is 0 Å². The number of halogens is 2. The molecule has 78 valence electrons. The van der Waals surface area contributed by atoms with Gasteiger partial charge in [0.1, 0.15) is 5.82 Å². The van der Waals surface area contributed by atoms with Gasteiger partial charge in [-0.15, -0.1) is 0 Å². The molecule has 3 nitrogen and oxygen atoms in total. The second-order valence-corrected chi connectivity index (χ2v) is 4.78. The van der Waals surface area contributed by atoms with Crippen LogP contribution in [0, 0.1) is 0 Å². The Hall–Kier alpha value is -0.810. The molecule has 0 fully saturated rings. The molecule has 0 aliphatic carbocycles. The van der Waals surface area contributed by atoms with Crippen LogP contribution < -0.4 is 5.32 Å². The van der Waals surface area contributed by atoms with Crippen molar-refractivity contribution in [3.63, 3.8) is 0 Å². The van der Waals surface area contributed by atoms with Crippen LogP contribution in [0.3, 0.4) is 0 Å². The first kappa shape index (κ1) is 10.7. The molecule has 1 heterocycles. The molecule has 0 aliphatic heterocycles. The highest BCUT2D eigenvalue weighted by Crippen LogP contribution is 2.26. The summed E-state index contributed by atoms with van der Waals surface area (Å²) in [5.74, 6) is 0.918. The number of imidazole rings is 1. The fraction of sp³-hybridized carbons (Fsp3) is 0.100. The van der Waals surface area contributed by atoms with Gasteiger partial charge in [-0.3, -0.25) is 0 Å². The van der Waals surface area contributed by atoms with E-state index in [1.165, 1.54) is 0 Å². The van der Waals surface area contributed by atoms with E-state index in [0.29, 0.717) is 6.54 Å². The molecule has 5 heteroatoms. The summed E-state index contributed by atoms with van der Waals surface area (Å²) >= 11 is 6.91. The maximum atomic E-state index is 4.14. The Morgan fingerprint density at radius 3 is 2.93 bits per heavy atom. The van der Waals surface area contributed by atoms with Gasteiger partial charge in [-0.25, -0.2) is 4.98 Å². The monoisotopic (exact) mass is 329 g/mol. The molecule has 0 unspecified atom stereocenters. The van der Waals surface area contributed by atoms with Crippen molar-refractivity contribution in [1.29, 1.82) is 0 Å². The third-order valence-corrected chi connectivity index (χ3v) is 3.11. The number of nitrogens with one attached hydrogen (secondary N) is 2. The van der Waals surface area contributed by atoms with Crippen molar-refractivity contribution in [1.82, 2.24) is 9.97 Å². The molecule has 1 aromatic carbocycles. The van der Waals surface area contributed by atoms with Crippen LogP contribution in [-0.2, 0) is 6.54 Å². The van der Waals surface area contributed by atoms with Gasteiger partial charge in [0, 0.05) is 27.0 Å². The van der Waals surface area contributed by atoms with Gasteiger partial charge >= 0.3 is 0 Å². The van der Waals surface area contributed by atoms with Gasteiger partial charge in [-0.1, -0.05) is 15.9 Å². The standard InChI is InChI=1S/C10H9Br2N3/c11-7-1-2-8(12)9(5-7)15-6-10-13-3-4-14-10/h1-5,15H,6H2,(H,13,14). The summed E-state index contributed by atoms with van der Waals surface area (Å²) < 4.78 is 2.09. The smallest absolute Gasteiger partial charge is 0.125 e. The number of H-pyrrole nitrogens is 1. The first-order chi connectivity index (χ1) is 7.25. The van der Waals surface area contributed by atoms with E-state index < -0.39 is 0 Å². The van der Waals surface area contributed by atoms with Crippen molar-refractivity contribution in [2.24, 2.45) is 0 Å². The Morgan fingerprint density at radius 1 is 1.33 bits per heavy atom. The highest BCUT2D eigenvalue weighted by Gasteiger charge is 2.00. The molecule has 0 spiro atoms. The molecule has 2 N–H and O–H groups in total. The van der Waals surface area contributed by atoms with Crippen LogP contribution in [0.1, 0.15) is 5.82 Å². The molecule has 0 radical (unpaired) electrons. The molecule has 0 atom stereocenters. The van der Waals surface area contributed by atoms with Crippen LogP contribution >= 0.6 is 31.9 Å². The quantitative estimate of drug-likeness (QED) is 0.903. The predicted molar refractivity (Wildman–Crippen MR) is 67.8 cm³/mol. The highest BCUT2D eigenvalue weighted by molar-refractivity contribution is 9.11. The minimum absolute atomic E-state index is 0.683. The third kappa shape index (κ3) is 2.82. The average Bonchev–Trinajstić information content (AvgIpc) is 2.72. The Balaban J connectivity index is 2.07. The number of hydrogen-bond acceptors (Lipinski definition) is 2. The average molecular weight is 331 g/mol. The molecule has 2 rings (SSSR count).